The van der Waals surface area contributed by atoms with Gasteiger partial charge >= 0.3 is 0 Å². The highest BCUT2D eigenvalue weighted by Crippen LogP contribution is 2.29. The fraction of sp³-hybridized carbons (Fsp3) is 0.579. The number of likely N-dealkylation sites (tertiary alicyclic amines) is 1. The summed E-state index contributed by atoms with van der Waals surface area (Å²) in [5.41, 5.74) is 1.13. The van der Waals surface area contributed by atoms with Gasteiger partial charge in [0.1, 0.15) is 0 Å². The van der Waals surface area contributed by atoms with Crippen molar-refractivity contribution in [1.82, 2.24) is 15.0 Å². The van der Waals surface area contributed by atoms with E-state index in [1.54, 1.807) is 7.11 Å². The first-order valence-electron chi connectivity index (χ1n) is 8.68. The lowest BCUT2D eigenvalue weighted by Crippen LogP contribution is -2.34. The highest BCUT2D eigenvalue weighted by Gasteiger charge is 2.30. The summed E-state index contributed by atoms with van der Waals surface area (Å²) in [7, 11) is 1.70. The van der Waals surface area contributed by atoms with Crippen LogP contribution in [0, 0.1) is 0 Å². The Kier molecular flexibility index (Phi) is 5.31. The molecular weight excluding hydrogens is 302 g/mol. The predicted molar refractivity (Wildman–Crippen MR) is 92.9 cm³/mol. The number of hydrogen-bond donors (Lipinski definition) is 0. The molecule has 0 spiro atoms. The molecule has 1 saturated heterocycles. The summed E-state index contributed by atoms with van der Waals surface area (Å²) in [5, 5.41) is 4.21. The molecule has 1 fully saturated rings. The predicted octanol–water partition coefficient (Wildman–Crippen LogP) is 3.37. The zero-order chi connectivity index (χ0) is 17.0. The second kappa shape index (κ2) is 7.45. The topological polar surface area (TPSA) is 51.4 Å². The first-order valence-corrected chi connectivity index (χ1v) is 8.68. The van der Waals surface area contributed by atoms with Crippen molar-refractivity contribution >= 4 is 0 Å². The second-order valence-corrected chi connectivity index (χ2v) is 7.33. The third-order valence-electron chi connectivity index (χ3n) is 4.66. The van der Waals surface area contributed by atoms with Crippen molar-refractivity contribution in [3.63, 3.8) is 0 Å². The van der Waals surface area contributed by atoms with Gasteiger partial charge in [0.25, 0.3) is 0 Å². The van der Waals surface area contributed by atoms with Crippen LogP contribution >= 0.6 is 0 Å². The van der Waals surface area contributed by atoms with E-state index < -0.39 is 0 Å². The minimum atomic E-state index is -0.227. The third-order valence-corrected chi connectivity index (χ3v) is 4.66. The van der Waals surface area contributed by atoms with Crippen LogP contribution in [-0.2, 0) is 16.7 Å². The molecule has 1 aromatic carbocycles. The summed E-state index contributed by atoms with van der Waals surface area (Å²) in [6.45, 7) is 7.81. The Bertz CT molecular complexity index is 639. The Morgan fingerprint density at radius 3 is 2.83 bits per heavy atom. The van der Waals surface area contributed by atoms with E-state index in [4.69, 9.17) is 9.26 Å². The van der Waals surface area contributed by atoms with Gasteiger partial charge < -0.3 is 9.26 Å². The van der Waals surface area contributed by atoms with E-state index in [0.717, 1.165) is 44.2 Å². The highest BCUT2D eigenvalue weighted by molar-refractivity contribution is 5.15. The van der Waals surface area contributed by atoms with Crippen molar-refractivity contribution in [2.75, 3.05) is 26.8 Å². The maximum absolute atomic E-state index is 5.59. The van der Waals surface area contributed by atoms with Gasteiger partial charge in [0.15, 0.2) is 5.82 Å². The fourth-order valence-electron chi connectivity index (χ4n) is 3.34. The Morgan fingerprint density at radius 1 is 1.29 bits per heavy atom. The molecule has 0 saturated carbocycles. The molecule has 2 aromatic rings. The smallest absolute Gasteiger partial charge is 0.231 e. The second-order valence-electron chi connectivity index (χ2n) is 7.33. The number of ether oxygens (including phenoxy) is 1. The van der Waals surface area contributed by atoms with Crippen molar-refractivity contribution < 1.29 is 9.26 Å². The van der Waals surface area contributed by atoms with Crippen LogP contribution in [0.5, 0.6) is 0 Å². The van der Waals surface area contributed by atoms with E-state index in [0.29, 0.717) is 12.5 Å². The number of nitrogens with zero attached hydrogens (tertiary/aromatic N) is 3. The quantitative estimate of drug-likeness (QED) is 0.813. The van der Waals surface area contributed by atoms with Gasteiger partial charge in [0.05, 0.1) is 17.9 Å². The van der Waals surface area contributed by atoms with Gasteiger partial charge in [-0.25, -0.2) is 0 Å². The lowest BCUT2D eigenvalue weighted by atomic mass is 9.93. The number of piperidine rings is 1. The van der Waals surface area contributed by atoms with Crippen LogP contribution in [0.25, 0.3) is 0 Å². The van der Waals surface area contributed by atoms with E-state index >= 15 is 0 Å². The fourth-order valence-corrected chi connectivity index (χ4v) is 3.34. The summed E-state index contributed by atoms with van der Waals surface area (Å²) in [6, 6.07) is 10.6. The molecule has 0 amide bonds. The van der Waals surface area contributed by atoms with E-state index in [-0.39, 0.29) is 5.41 Å². The SMILES string of the molecule is COCC(C)(C)c1noc(C2CCCN(Cc3ccccc3)C2)n1. The molecule has 0 bridgehead atoms. The average Bonchev–Trinajstić information content (AvgIpc) is 3.07. The molecule has 1 unspecified atom stereocenters. The van der Waals surface area contributed by atoms with Gasteiger partial charge in [-0.15, -0.1) is 0 Å². The minimum absolute atomic E-state index is 0.227. The van der Waals surface area contributed by atoms with E-state index in [1.165, 1.54) is 5.56 Å². The largest absolute Gasteiger partial charge is 0.384 e. The lowest BCUT2D eigenvalue weighted by Gasteiger charge is -2.31. The summed E-state index contributed by atoms with van der Waals surface area (Å²) in [6.07, 6.45) is 2.27. The summed E-state index contributed by atoms with van der Waals surface area (Å²) < 4.78 is 10.9. The van der Waals surface area contributed by atoms with Crippen LogP contribution < -0.4 is 0 Å². The molecule has 1 aliphatic rings. The zero-order valence-corrected chi connectivity index (χ0v) is 14.9. The van der Waals surface area contributed by atoms with Gasteiger partial charge in [0.2, 0.25) is 5.89 Å². The van der Waals surface area contributed by atoms with Crippen LogP contribution in [0.2, 0.25) is 0 Å². The van der Waals surface area contributed by atoms with Crippen LogP contribution in [0.15, 0.2) is 34.9 Å². The van der Waals surface area contributed by atoms with Crippen molar-refractivity contribution in [2.24, 2.45) is 0 Å². The Labute approximate surface area is 144 Å². The molecule has 3 rings (SSSR count). The molecule has 0 N–H and O–H groups in total. The van der Waals surface area contributed by atoms with Crippen LogP contribution in [0.1, 0.15) is 49.9 Å². The van der Waals surface area contributed by atoms with E-state index in [1.807, 2.05) is 0 Å². The molecule has 1 aliphatic heterocycles. The molecule has 2 heterocycles. The van der Waals surface area contributed by atoms with Crippen LogP contribution in [-0.4, -0.2) is 41.8 Å². The van der Waals surface area contributed by atoms with Gasteiger partial charge in [0, 0.05) is 20.2 Å². The minimum Gasteiger partial charge on any atom is -0.384 e. The number of benzene rings is 1. The molecule has 24 heavy (non-hydrogen) atoms. The van der Waals surface area contributed by atoms with Crippen LogP contribution in [0.3, 0.4) is 0 Å². The number of aromatic nitrogens is 2. The van der Waals surface area contributed by atoms with Gasteiger partial charge in [-0.05, 0) is 24.9 Å². The van der Waals surface area contributed by atoms with E-state index in [9.17, 15) is 0 Å². The molecule has 5 heteroatoms. The first kappa shape index (κ1) is 17.1. The summed E-state index contributed by atoms with van der Waals surface area (Å²) in [5.74, 6) is 1.83. The lowest BCUT2D eigenvalue weighted by molar-refractivity contribution is 0.140. The summed E-state index contributed by atoms with van der Waals surface area (Å²) >= 11 is 0. The van der Waals surface area contributed by atoms with Gasteiger partial charge in [-0.2, -0.15) is 4.98 Å². The van der Waals surface area contributed by atoms with Crippen molar-refractivity contribution in [1.29, 1.82) is 0 Å². The van der Waals surface area contributed by atoms with Gasteiger partial charge in [-0.1, -0.05) is 49.3 Å². The third kappa shape index (κ3) is 4.02. The molecule has 5 nitrogen and oxygen atoms in total. The Balaban J connectivity index is 1.66. The maximum atomic E-state index is 5.59. The molecule has 0 radical (unpaired) electrons. The Hall–Kier alpha value is -1.72. The number of hydrogen-bond acceptors (Lipinski definition) is 5. The van der Waals surface area contributed by atoms with Gasteiger partial charge in [-0.3, -0.25) is 4.90 Å². The first-order chi connectivity index (χ1) is 11.6. The normalized spacial score (nSPS) is 19.5. The van der Waals surface area contributed by atoms with Crippen molar-refractivity contribution in [3.8, 4) is 0 Å². The highest BCUT2D eigenvalue weighted by atomic mass is 16.5. The molecule has 1 aromatic heterocycles. The monoisotopic (exact) mass is 329 g/mol. The molecule has 1 atom stereocenters. The zero-order valence-electron chi connectivity index (χ0n) is 14.9. The van der Waals surface area contributed by atoms with Crippen molar-refractivity contribution in [2.45, 2.75) is 44.6 Å². The molecule has 0 aliphatic carbocycles. The maximum Gasteiger partial charge on any atom is 0.231 e. The van der Waals surface area contributed by atoms with E-state index in [2.05, 4.69) is 59.2 Å². The number of rotatable bonds is 6. The average molecular weight is 329 g/mol. The Morgan fingerprint density at radius 2 is 2.08 bits per heavy atom. The molecular formula is C19H27N3O2. The molecule has 130 valence electrons. The van der Waals surface area contributed by atoms with Crippen LogP contribution in [0.4, 0.5) is 0 Å². The summed E-state index contributed by atoms with van der Waals surface area (Å²) in [4.78, 5) is 7.16. The standard InChI is InChI=1S/C19H27N3O2/c1-19(2,14-23-3)18-20-17(24-21-18)16-10-7-11-22(13-16)12-15-8-5-4-6-9-15/h4-6,8-9,16H,7,10-14H2,1-3H3. The van der Waals surface area contributed by atoms with Crippen molar-refractivity contribution in [3.05, 3.63) is 47.6 Å². The number of methoxy groups -OCH3 is 1.